The molecule has 2 aliphatic rings. The summed E-state index contributed by atoms with van der Waals surface area (Å²) in [5.41, 5.74) is 0. The highest BCUT2D eigenvalue weighted by molar-refractivity contribution is 4.80. The molecule has 2 aliphatic heterocycles. The van der Waals surface area contributed by atoms with Gasteiger partial charge in [0.2, 0.25) is 0 Å². The third-order valence-corrected chi connectivity index (χ3v) is 3.83. The first kappa shape index (κ1) is 10.4. The van der Waals surface area contributed by atoms with Gasteiger partial charge >= 0.3 is 0 Å². The molecule has 0 amide bonds. The quantitative estimate of drug-likeness (QED) is 0.673. The maximum absolute atomic E-state index is 5.42. The summed E-state index contributed by atoms with van der Waals surface area (Å²) in [7, 11) is 0. The lowest BCUT2D eigenvalue weighted by Gasteiger charge is -2.39. The molecule has 2 rings (SSSR count). The second kappa shape index (κ2) is 5.13. The van der Waals surface area contributed by atoms with E-state index in [0.29, 0.717) is 0 Å². The Morgan fingerprint density at radius 3 is 2.71 bits per heavy atom. The standard InChI is InChI=1S/C12H23NO/c1-2-11-4-3-7-13(10-11)12-5-8-14-9-6-12/h11-12H,2-10H2,1H3/t11-/m0/s1. The largest absolute Gasteiger partial charge is 0.381 e. The first-order chi connectivity index (χ1) is 6.90. The molecule has 2 heterocycles. The Morgan fingerprint density at radius 1 is 1.21 bits per heavy atom. The minimum Gasteiger partial charge on any atom is -0.381 e. The van der Waals surface area contributed by atoms with E-state index in [1.807, 2.05) is 0 Å². The zero-order valence-corrected chi connectivity index (χ0v) is 9.37. The van der Waals surface area contributed by atoms with Gasteiger partial charge in [0.25, 0.3) is 0 Å². The first-order valence-electron chi connectivity index (χ1n) is 6.22. The first-order valence-corrected chi connectivity index (χ1v) is 6.22. The Morgan fingerprint density at radius 2 is 2.00 bits per heavy atom. The van der Waals surface area contributed by atoms with E-state index in [1.54, 1.807) is 0 Å². The van der Waals surface area contributed by atoms with Gasteiger partial charge in [-0.15, -0.1) is 0 Å². The van der Waals surface area contributed by atoms with E-state index in [4.69, 9.17) is 4.74 Å². The van der Waals surface area contributed by atoms with Gasteiger partial charge in [-0.25, -0.2) is 0 Å². The number of nitrogens with zero attached hydrogens (tertiary/aromatic N) is 1. The highest BCUT2D eigenvalue weighted by Gasteiger charge is 2.26. The zero-order chi connectivity index (χ0) is 9.80. The van der Waals surface area contributed by atoms with Gasteiger partial charge in [-0.3, -0.25) is 4.90 Å². The van der Waals surface area contributed by atoms with Crippen molar-refractivity contribution in [1.82, 2.24) is 4.90 Å². The van der Waals surface area contributed by atoms with Crippen molar-refractivity contribution in [2.24, 2.45) is 5.92 Å². The fraction of sp³-hybridized carbons (Fsp3) is 1.00. The molecule has 0 aromatic rings. The maximum Gasteiger partial charge on any atom is 0.0480 e. The summed E-state index contributed by atoms with van der Waals surface area (Å²) in [5.74, 6) is 0.964. The Bertz CT molecular complexity index is 166. The molecule has 1 atom stereocenters. The van der Waals surface area contributed by atoms with E-state index in [0.717, 1.165) is 25.2 Å². The molecule has 82 valence electrons. The molecule has 0 aromatic heterocycles. The lowest BCUT2D eigenvalue weighted by atomic mass is 9.93. The molecule has 2 nitrogen and oxygen atoms in total. The molecule has 0 spiro atoms. The molecule has 2 fully saturated rings. The zero-order valence-electron chi connectivity index (χ0n) is 9.37. The van der Waals surface area contributed by atoms with Crippen LogP contribution in [0, 0.1) is 5.92 Å². The van der Waals surface area contributed by atoms with Gasteiger partial charge in [0, 0.05) is 25.8 Å². The van der Waals surface area contributed by atoms with Crippen molar-refractivity contribution < 1.29 is 4.74 Å². The van der Waals surface area contributed by atoms with Crippen molar-refractivity contribution in [2.75, 3.05) is 26.3 Å². The number of hydrogen-bond donors (Lipinski definition) is 0. The fourth-order valence-corrected chi connectivity index (χ4v) is 2.81. The highest BCUT2D eigenvalue weighted by atomic mass is 16.5. The molecule has 0 bridgehead atoms. The Balaban J connectivity index is 1.83. The van der Waals surface area contributed by atoms with Crippen LogP contribution in [0.2, 0.25) is 0 Å². The molecule has 0 unspecified atom stereocenters. The summed E-state index contributed by atoms with van der Waals surface area (Å²) in [6.45, 7) is 6.98. The summed E-state index contributed by atoms with van der Waals surface area (Å²) in [6.07, 6.45) is 6.75. The number of piperidine rings is 1. The lowest BCUT2D eigenvalue weighted by molar-refractivity contribution is 0.0174. The fourth-order valence-electron chi connectivity index (χ4n) is 2.81. The molecule has 0 aliphatic carbocycles. The van der Waals surface area contributed by atoms with Crippen molar-refractivity contribution >= 4 is 0 Å². The molecule has 0 N–H and O–H groups in total. The van der Waals surface area contributed by atoms with Gasteiger partial charge in [-0.05, 0) is 38.1 Å². The van der Waals surface area contributed by atoms with Crippen LogP contribution in [-0.2, 0) is 4.74 Å². The van der Waals surface area contributed by atoms with Crippen molar-refractivity contribution in [3.63, 3.8) is 0 Å². The molecule has 2 saturated heterocycles. The van der Waals surface area contributed by atoms with Gasteiger partial charge in [0.1, 0.15) is 0 Å². The van der Waals surface area contributed by atoms with Crippen LogP contribution in [0.15, 0.2) is 0 Å². The molecule has 2 heteroatoms. The number of rotatable bonds is 2. The van der Waals surface area contributed by atoms with Gasteiger partial charge in [0.15, 0.2) is 0 Å². The Hall–Kier alpha value is -0.0800. The van der Waals surface area contributed by atoms with Crippen LogP contribution in [-0.4, -0.2) is 37.2 Å². The topological polar surface area (TPSA) is 12.5 Å². The van der Waals surface area contributed by atoms with Crippen LogP contribution in [0.4, 0.5) is 0 Å². The van der Waals surface area contributed by atoms with Crippen LogP contribution in [0.3, 0.4) is 0 Å². The second-order valence-corrected chi connectivity index (χ2v) is 4.75. The van der Waals surface area contributed by atoms with E-state index >= 15 is 0 Å². The summed E-state index contributed by atoms with van der Waals surface area (Å²) < 4.78 is 5.42. The minimum atomic E-state index is 0.832. The molecular weight excluding hydrogens is 174 g/mol. The Labute approximate surface area is 87.6 Å². The van der Waals surface area contributed by atoms with Gasteiger partial charge in [0.05, 0.1) is 0 Å². The Kier molecular flexibility index (Phi) is 3.82. The van der Waals surface area contributed by atoms with Crippen LogP contribution in [0.25, 0.3) is 0 Å². The van der Waals surface area contributed by atoms with Gasteiger partial charge in [-0.2, -0.15) is 0 Å². The van der Waals surface area contributed by atoms with Gasteiger partial charge < -0.3 is 4.74 Å². The summed E-state index contributed by atoms with van der Waals surface area (Å²) in [6, 6.07) is 0.832. The average molecular weight is 197 g/mol. The third-order valence-electron chi connectivity index (χ3n) is 3.83. The molecule has 0 radical (unpaired) electrons. The van der Waals surface area contributed by atoms with E-state index in [2.05, 4.69) is 11.8 Å². The second-order valence-electron chi connectivity index (χ2n) is 4.75. The van der Waals surface area contributed by atoms with Crippen molar-refractivity contribution in [1.29, 1.82) is 0 Å². The van der Waals surface area contributed by atoms with Crippen LogP contribution in [0.1, 0.15) is 39.0 Å². The van der Waals surface area contributed by atoms with Crippen LogP contribution < -0.4 is 0 Å². The van der Waals surface area contributed by atoms with E-state index < -0.39 is 0 Å². The molecule has 14 heavy (non-hydrogen) atoms. The SMILES string of the molecule is CC[C@H]1CCCN(C2CCOCC2)C1. The molecular formula is C12H23NO. The number of hydrogen-bond acceptors (Lipinski definition) is 2. The smallest absolute Gasteiger partial charge is 0.0480 e. The van der Waals surface area contributed by atoms with E-state index in [1.165, 1.54) is 45.2 Å². The monoisotopic (exact) mass is 197 g/mol. The van der Waals surface area contributed by atoms with Crippen LogP contribution >= 0.6 is 0 Å². The normalized spacial score (nSPS) is 31.9. The van der Waals surface area contributed by atoms with Crippen molar-refractivity contribution in [3.05, 3.63) is 0 Å². The predicted octanol–water partition coefficient (Wildman–Crippen LogP) is 2.29. The van der Waals surface area contributed by atoms with Crippen LogP contribution in [0.5, 0.6) is 0 Å². The molecule has 0 aromatic carbocycles. The lowest BCUT2D eigenvalue weighted by Crippen LogP contribution is -2.45. The third kappa shape index (κ3) is 2.48. The van der Waals surface area contributed by atoms with Crippen molar-refractivity contribution in [3.8, 4) is 0 Å². The van der Waals surface area contributed by atoms with Gasteiger partial charge in [-0.1, -0.05) is 13.3 Å². The summed E-state index contributed by atoms with van der Waals surface area (Å²) in [4.78, 5) is 2.72. The number of likely N-dealkylation sites (tertiary alicyclic amines) is 1. The van der Waals surface area contributed by atoms with Crippen molar-refractivity contribution in [2.45, 2.75) is 45.1 Å². The predicted molar refractivity (Wildman–Crippen MR) is 58.4 cm³/mol. The van der Waals surface area contributed by atoms with E-state index in [9.17, 15) is 0 Å². The highest BCUT2D eigenvalue weighted by Crippen LogP contribution is 2.24. The summed E-state index contributed by atoms with van der Waals surface area (Å²) in [5, 5.41) is 0. The average Bonchev–Trinajstić information content (AvgIpc) is 2.30. The number of ether oxygens (including phenoxy) is 1. The van der Waals surface area contributed by atoms with E-state index in [-0.39, 0.29) is 0 Å². The summed E-state index contributed by atoms with van der Waals surface area (Å²) >= 11 is 0. The minimum absolute atomic E-state index is 0.832. The maximum atomic E-state index is 5.42. The molecule has 0 saturated carbocycles.